The second-order valence-corrected chi connectivity index (χ2v) is 13.1. The van der Waals surface area contributed by atoms with Crippen LogP contribution in [0.25, 0.3) is 0 Å². The van der Waals surface area contributed by atoms with Crippen LogP contribution in [0.3, 0.4) is 0 Å². The Morgan fingerprint density at radius 2 is 1.67 bits per heavy atom. The molecule has 1 unspecified atom stereocenters. The summed E-state index contributed by atoms with van der Waals surface area (Å²) in [5.41, 5.74) is 0.819. The summed E-state index contributed by atoms with van der Waals surface area (Å²) in [6.07, 6.45) is 6.63. The van der Waals surface area contributed by atoms with Gasteiger partial charge in [-0.1, -0.05) is 0 Å². The summed E-state index contributed by atoms with van der Waals surface area (Å²) in [6.45, 7) is 19.9. The van der Waals surface area contributed by atoms with Gasteiger partial charge in [-0.3, -0.25) is 0 Å². The van der Waals surface area contributed by atoms with Crippen molar-refractivity contribution in [2.24, 2.45) is 11.3 Å². The van der Waals surface area contributed by atoms with E-state index >= 15 is 0 Å². The van der Waals surface area contributed by atoms with Gasteiger partial charge in [-0.25, -0.2) is 0 Å². The normalized spacial score (nSPS) is 14.6. The van der Waals surface area contributed by atoms with E-state index in [0.717, 1.165) is 6.42 Å². The SMILES string of the molecule is C=C(C)C(=O)OCC(C)CC(C)(C)C[PH](CC)(CC)CC. The molecule has 0 aliphatic carbocycles. The number of hydrogen-bond donors (Lipinski definition) is 0. The van der Waals surface area contributed by atoms with Crippen molar-refractivity contribution >= 4 is 13.2 Å². The van der Waals surface area contributed by atoms with Crippen molar-refractivity contribution in [2.75, 3.05) is 31.3 Å². The molecule has 0 saturated carbocycles. The molecule has 0 aromatic rings. The minimum absolute atomic E-state index is 0.265. The van der Waals surface area contributed by atoms with Gasteiger partial charge in [-0.2, -0.15) is 0 Å². The minimum atomic E-state index is -1.10. The van der Waals surface area contributed by atoms with Crippen molar-refractivity contribution in [3.63, 3.8) is 0 Å². The Morgan fingerprint density at radius 1 is 1.19 bits per heavy atom. The van der Waals surface area contributed by atoms with Gasteiger partial charge in [0, 0.05) is 0 Å². The molecule has 0 saturated heterocycles. The number of ether oxygens (including phenoxy) is 1. The van der Waals surface area contributed by atoms with Crippen LogP contribution >= 0.6 is 7.26 Å². The Kier molecular flexibility index (Phi) is 8.78. The molecule has 3 heteroatoms. The molecule has 0 rings (SSSR count). The zero-order valence-electron chi connectivity index (χ0n) is 15.3. The molecule has 0 aromatic carbocycles. The van der Waals surface area contributed by atoms with Crippen molar-refractivity contribution in [2.45, 2.75) is 54.9 Å². The fraction of sp³-hybridized carbons (Fsp3) is 0.833. The molecule has 0 aliphatic rings. The molecule has 0 fully saturated rings. The van der Waals surface area contributed by atoms with Crippen LogP contribution in [0.2, 0.25) is 0 Å². The summed E-state index contributed by atoms with van der Waals surface area (Å²) in [7, 11) is -1.10. The van der Waals surface area contributed by atoms with E-state index in [2.05, 4.69) is 48.1 Å². The van der Waals surface area contributed by atoms with E-state index in [1.807, 2.05) is 0 Å². The van der Waals surface area contributed by atoms with Crippen molar-refractivity contribution in [1.82, 2.24) is 0 Å². The van der Waals surface area contributed by atoms with Gasteiger partial charge < -0.3 is 0 Å². The summed E-state index contributed by atoms with van der Waals surface area (Å²) in [5, 5.41) is 0. The molecule has 0 heterocycles. The first-order valence-corrected chi connectivity index (χ1v) is 11.3. The van der Waals surface area contributed by atoms with Gasteiger partial charge in [0.25, 0.3) is 0 Å². The maximum absolute atomic E-state index is 11.5. The standard InChI is InChI=1S/C18H37O2P/c1-9-21(10-2,11-3)14-18(7,8)12-16(6)13-20-17(19)15(4)5/h16,21H,4,9-14H2,1-3,5-8H3. The zero-order valence-corrected chi connectivity index (χ0v) is 16.3. The molecule has 2 nitrogen and oxygen atoms in total. The van der Waals surface area contributed by atoms with Crippen LogP contribution in [0.15, 0.2) is 12.2 Å². The van der Waals surface area contributed by atoms with E-state index in [9.17, 15) is 4.79 Å². The molecule has 0 bridgehead atoms. The molecule has 21 heavy (non-hydrogen) atoms. The van der Waals surface area contributed by atoms with E-state index in [0.29, 0.717) is 23.5 Å². The first-order chi connectivity index (χ1) is 9.61. The maximum atomic E-state index is 11.5. The third-order valence-electron chi connectivity index (χ3n) is 4.85. The second-order valence-electron chi connectivity index (χ2n) is 7.59. The van der Waals surface area contributed by atoms with Gasteiger partial charge in [0.15, 0.2) is 0 Å². The average molecular weight is 316 g/mol. The predicted octanol–water partition coefficient (Wildman–Crippen LogP) is 4.97. The molecule has 0 spiro atoms. The van der Waals surface area contributed by atoms with Crippen LogP contribution in [0, 0.1) is 11.3 Å². The molecular weight excluding hydrogens is 279 g/mol. The Labute approximate surface area is 133 Å². The summed E-state index contributed by atoms with van der Waals surface area (Å²) in [5.74, 6) is 0.139. The predicted molar refractivity (Wildman–Crippen MR) is 98.1 cm³/mol. The van der Waals surface area contributed by atoms with E-state index in [-0.39, 0.29) is 5.97 Å². The van der Waals surface area contributed by atoms with E-state index in [1.165, 1.54) is 24.6 Å². The van der Waals surface area contributed by atoms with Gasteiger partial charge in [0.05, 0.1) is 0 Å². The fourth-order valence-corrected chi connectivity index (χ4v) is 7.98. The summed E-state index contributed by atoms with van der Waals surface area (Å²) >= 11 is 0. The topological polar surface area (TPSA) is 26.3 Å². The molecule has 0 aliphatic heterocycles. The zero-order chi connectivity index (χ0) is 16.7. The van der Waals surface area contributed by atoms with Gasteiger partial charge >= 0.3 is 132 Å². The van der Waals surface area contributed by atoms with E-state index < -0.39 is 7.26 Å². The molecule has 0 N–H and O–H groups in total. The van der Waals surface area contributed by atoms with Gasteiger partial charge in [-0.15, -0.1) is 0 Å². The Balaban J connectivity index is 4.51. The number of rotatable bonds is 10. The average Bonchev–Trinajstić information content (AvgIpc) is 2.41. The van der Waals surface area contributed by atoms with Gasteiger partial charge in [-0.05, 0) is 0 Å². The molecule has 126 valence electrons. The number of hydrogen-bond acceptors (Lipinski definition) is 2. The molecular formula is C18H37O2P. The van der Waals surface area contributed by atoms with Crippen LogP contribution in [-0.4, -0.2) is 37.2 Å². The first-order valence-electron chi connectivity index (χ1n) is 8.44. The van der Waals surface area contributed by atoms with E-state index in [4.69, 9.17) is 4.74 Å². The first kappa shape index (κ1) is 20.6. The summed E-state index contributed by atoms with van der Waals surface area (Å²) in [6, 6.07) is 0. The van der Waals surface area contributed by atoms with Crippen LogP contribution in [0.5, 0.6) is 0 Å². The van der Waals surface area contributed by atoms with Crippen LogP contribution < -0.4 is 0 Å². The Bertz CT molecular complexity index is 335. The summed E-state index contributed by atoms with van der Waals surface area (Å²) in [4.78, 5) is 11.5. The van der Waals surface area contributed by atoms with E-state index in [1.54, 1.807) is 6.92 Å². The van der Waals surface area contributed by atoms with Crippen molar-refractivity contribution < 1.29 is 9.53 Å². The molecule has 1 atom stereocenters. The van der Waals surface area contributed by atoms with Crippen LogP contribution in [0.1, 0.15) is 54.9 Å². The Morgan fingerprint density at radius 3 is 2.05 bits per heavy atom. The number of esters is 1. The third kappa shape index (κ3) is 7.45. The third-order valence-corrected chi connectivity index (χ3v) is 11.1. The number of carbonyl (C=O) groups excluding carboxylic acids is 1. The summed E-state index contributed by atoms with van der Waals surface area (Å²) < 4.78 is 5.29. The quantitative estimate of drug-likeness (QED) is 0.323. The second kappa shape index (κ2) is 8.93. The van der Waals surface area contributed by atoms with Gasteiger partial charge in [0.1, 0.15) is 0 Å². The number of carbonyl (C=O) groups is 1. The monoisotopic (exact) mass is 316 g/mol. The Hall–Kier alpha value is -0.360. The molecule has 0 amide bonds. The van der Waals surface area contributed by atoms with Crippen LogP contribution in [0.4, 0.5) is 0 Å². The van der Waals surface area contributed by atoms with Gasteiger partial charge in [0.2, 0.25) is 0 Å². The van der Waals surface area contributed by atoms with Crippen molar-refractivity contribution in [3.05, 3.63) is 12.2 Å². The molecule has 0 aromatic heterocycles. The van der Waals surface area contributed by atoms with Crippen molar-refractivity contribution in [3.8, 4) is 0 Å². The molecule has 0 radical (unpaired) electrons. The van der Waals surface area contributed by atoms with Crippen LogP contribution in [-0.2, 0) is 9.53 Å². The van der Waals surface area contributed by atoms with Crippen molar-refractivity contribution in [1.29, 1.82) is 0 Å². The fourth-order valence-electron chi connectivity index (χ4n) is 3.56.